The monoisotopic (exact) mass is 506 g/mol. The van der Waals surface area contributed by atoms with Gasteiger partial charge in [-0.2, -0.15) is 5.10 Å². The number of carbonyl (C=O) groups excluding carboxylic acids is 1. The number of carbonyl (C=O) groups is 1. The maximum atomic E-state index is 12.3. The van der Waals surface area contributed by atoms with Gasteiger partial charge in [0.05, 0.1) is 11.2 Å². The summed E-state index contributed by atoms with van der Waals surface area (Å²) in [7, 11) is 0. The molecule has 0 saturated heterocycles. The third kappa shape index (κ3) is 6.40. The molecule has 0 heterocycles. The van der Waals surface area contributed by atoms with Gasteiger partial charge in [0.1, 0.15) is 18.1 Å². The van der Waals surface area contributed by atoms with Crippen molar-refractivity contribution in [3.63, 3.8) is 0 Å². The second kappa shape index (κ2) is 12.2. The number of halogens is 1. The maximum Gasteiger partial charge on any atom is 0.271 e. The van der Waals surface area contributed by atoms with E-state index >= 15 is 0 Å². The summed E-state index contributed by atoms with van der Waals surface area (Å²) >= 11 is 5.87. The summed E-state index contributed by atoms with van der Waals surface area (Å²) in [6.45, 7) is 2.52. The molecule has 36 heavy (non-hydrogen) atoms. The smallest absolute Gasteiger partial charge is 0.271 e. The number of nitrogens with one attached hydrogen (secondary N) is 2. The Kier molecular flexibility index (Phi) is 8.52. The number of fused-ring (bicyclic) bond motifs is 1. The normalized spacial score (nSPS) is 11.2. The first-order valence-corrected chi connectivity index (χ1v) is 11.9. The summed E-state index contributed by atoms with van der Waals surface area (Å²) in [4.78, 5) is 12.3. The van der Waals surface area contributed by atoms with E-state index in [0.717, 1.165) is 34.2 Å². The van der Waals surface area contributed by atoms with Crippen molar-refractivity contribution in [1.29, 1.82) is 0 Å². The van der Waals surface area contributed by atoms with Crippen LogP contribution >= 0.6 is 11.6 Å². The van der Waals surface area contributed by atoms with E-state index in [1.807, 2.05) is 48.5 Å². The van der Waals surface area contributed by atoms with Crippen LogP contribution < -0.4 is 21.2 Å². The predicted molar refractivity (Wildman–Crippen MR) is 148 cm³/mol. The quantitative estimate of drug-likeness (QED) is 0.136. The minimum atomic E-state index is -0.430. The number of nitrogens with two attached hydrogens (primary N) is 1. The molecule has 0 aliphatic heterocycles. The molecule has 5 N–H and O–H groups in total. The molecule has 0 saturated carbocycles. The van der Waals surface area contributed by atoms with Crippen LogP contribution in [0.3, 0.4) is 0 Å². The summed E-state index contributed by atoms with van der Waals surface area (Å²) in [6, 6.07) is 24.1. The first-order valence-electron chi connectivity index (χ1n) is 11.5. The molecule has 0 atom stereocenters. The van der Waals surface area contributed by atoms with Gasteiger partial charge in [0.15, 0.2) is 0 Å². The topological polar surface area (TPSA) is 109 Å². The van der Waals surface area contributed by atoms with E-state index in [9.17, 15) is 9.90 Å². The number of ether oxygens (including phenoxy) is 1. The summed E-state index contributed by atoms with van der Waals surface area (Å²) in [6.07, 6.45) is 1.59. The molecule has 1 amide bonds. The van der Waals surface area contributed by atoms with E-state index in [2.05, 4.69) is 28.0 Å². The lowest BCUT2D eigenvalue weighted by Gasteiger charge is -2.12. The number of amides is 1. The van der Waals surface area contributed by atoms with E-state index in [1.54, 1.807) is 6.21 Å². The highest BCUT2D eigenvalue weighted by molar-refractivity contribution is 6.32. The van der Waals surface area contributed by atoms with Crippen molar-refractivity contribution in [2.45, 2.75) is 13.1 Å². The molecule has 0 aliphatic carbocycles. The predicted octanol–water partition coefficient (Wildman–Crippen LogP) is 5.08. The van der Waals surface area contributed by atoms with E-state index in [4.69, 9.17) is 22.1 Å². The number of hydrogen-bond acceptors (Lipinski definition) is 6. The van der Waals surface area contributed by atoms with Crippen molar-refractivity contribution in [3.05, 3.63) is 106 Å². The Morgan fingerprint density at radius 2 is 1.78 bits per heavy atom. The second-order valence-electron chi connectivity index (χ2n) is 8.11. The van der Waals surface area contributed by atoms with E-state index < -0.39 is 5.91 Å². The Balaban J connectivity index is 0.00000253. The second-order valence-corrected chi connectivity index (χ2v) is 8.52. The molecule has 4 aromatic carbocycles. The van der Waals surface area contributed by atoms with E-state index in [1.165, 1.54) is 23.8 Å². The zero-order chi connectivity index (χ0) is 25.3. The van der Waals surface area contributed by atoms with Crippen LogP contribution in [0.15, 0.2) is 84.0 Å². The molecule has 0 unspecified atom stereocenters. The fourth-order valence-corrected chi connectivity index (χ4v) is 3.85. The molecule has 4 rings (SSSR count). The van der Waals surface area contributed by atoms with Gasteiger partial charge in [-0.05, 0) is 46.8 Å². The molecular formula is C28H31ClN4O3. The largest absolute Gasteiger partial charge is 0.506 e. The van der Waals surface area contributed by atoms with Crippen molar-refractivity contribution in [2.24, 2.45) is 10.8 Å². The van der Waals surface area contributed by atoms with Gasteiger partial charge in [-0.25, -0.2) is 5.43 Å². The van der Waals surface area contributed by atoms with Crippen molar-refractivity contribution in [1.82, 2.24) is 10.7 Å². The van der Waals surface area contributed by atoms with Crippen LogP contribution in [0.25, 0.3) is 10.8 Å². The zero-order valence-electron chi connectivity index (χ0n) is 19.6. The van der Waals surface area contributed by atoms with Crippen LogP contribution in [-0.4, -0.2) is 30.4 Å². The standard InChI is InChI=1S/C28H27ClN4O3.2H2/c29-25-15-21(9-11-26(25)34)28(35)33-32-18-22-10-12-27(24-4-2-1-3-23(22)24)36-14-13-31-17-20-7-5-19(16-30)6-8-20;;/h1-12,15,18,31,34H,13-14,16-17,30H2,(H,33,35);2*1H/b32-18+;;. The Hall–Kier alpha value is -3.91. The van der Waals surface area contributed by atoms with Gasteiger partial charge in [-0.3, -0.25) is 4.79 Å². The average Bonchev–Trinajstić information content (AvgIpc) is 2.91. The molecule has 7 nitrogen and oxygen atoms in total. The fourth-order valence-electron chi connectivity index (χ4n) is 3.67. The lowest BCUT2D eigenvalue weighted by Crippen LogP contribution is -2.20. The molecular weight excluding hydrogens is 476 g/mol. The molecule has 4 aromatic rings. The van der Waals surface area contributed by atoms with Gasteiger partial charge >= 0.3 is 0 Å². The molecule has 0 fully saturated rings. The first-order chi connectivity index (χ1) is 17.5. The molecule has 0 aliphatic rings. The van der Waals surface area contributed by atoms with Gasteiger partial charge in [0.25, 0.3) is 5.91 Å². The third-order valence-corrected chi connectivity index (χ3v) is 5.92. The van der Waals surface area contributed by atoms with Gasteiger partial charge < -0.3 is 20.9 Å². The van der Waals surface area contributed by atoms with Gasteiger partial charge in [0, 0.05) is 39.0 Å². The van der Waals surface area contributed by atoms with Crippen molar-refractivity contribution in [2.75, 3.05) is 13.2 Å². The summed E-state index contributed by atoms with van der Waals surface area (Å²) < 4.78 is 6.04. The lowest BCUT2D eigenvalue weighted by atomic mass is 10.0. The summed E-state index contributed by atoms with van der Waals surface area (Å²) in [5.74, 6) is 0.263. The molecule has 0 aromatic heterocycles. The molecule has 0 radical (unpaired) electrons. The zero-order valence-corrected chi connectivity index (χ0v) is 20.3. The summed E-state index contributed by atoms with van der Waals surface area (Å²) in [5.41, 5.74) is 11.6. The maximum absolute atomic E-state index is 12.3. The first kappa shape index (κ1) is 25.2. The highest BCUT2D eigenvalue weighted by Crippen LogP contribution is 2.28. The van der Waals surface area contributed by atoms with Crippen LogP contribution in [0.2, 0.25) is 5.02 Å². The minimum Gasteiger partial charge on any atom is -0.506 e. The van der Waals surface area contributed by atoms with Gasteiger partial charge in [-0.1, -0.05) is 60.1 Å². The highest BCUT2D eigenvalue weighted by atomic mass is 35.5. The van der Waals surface area contributed by atoms with Crippen LogP contribution in [0.5, 0.6) is 11.5 Å². The molecule has 0 spiro atoms. The van der Waals surface area contributed by atoms with Crippen LogP contribution in [0.4, 0.5) is 0 Å². The summed E-state index contributed by atoms with van der Waals surface area (Å²) in [5, 5.41) is 19.0. The van der Waals surface area contributed by atoms with Crippen molar-refractivity contribution < 1.29 is 17.5 Å². The Morgan fingerprint density at radius 1 is 1.03 bits per heavy atom. The number of aromatic hydroxyl groups is 1. The highest BCUT2D eigenvalue weighted by Gasteiger charge is 2.08. The van der Waals surface area contributed by atoms with E-state index in [0.29, 0.717) is 25.3 Å². The fraction of sp³-hybridized carbons (Fsp3) is 0.143. The van der Waals surface area contributed by atoms with Gasteiger partial charge in [0.2, 0.25) is 0 Å². The third-order valence-electron chi connectivity index (χ3n) is 5.62. The van der Waals surface area contributed by atoms with Gasteiger partial charge in [-0.15, -0.1) is 0 Å². The Morgan fingerprint density at radius 3 is 2.53 bits per heavy atom. The lowest BCUT2D eigenvalue weighted by molar-refractivity contribution is 0.0955. The minimum absolute atomic E-state index is 0. The number of rotatable bonds is 10. The van der Waals surface area contributed by atoms with E-state index in [-0.39, 0.29) is 13.6 Å². The number of phenols is 1. The number of hydrogen-bond donors (Lipinski definition) is 4. The van der Waals surface area contributed by atoms with Crippen molar-refractivity contribution >= 4 is 34.5 Å². The SMILES string of the molecule is NCc1ccc(CNCCOc2ccc(/C=N/NC(=O)c3ccc(O)c(Cl)c3)c3ccccc23)cc1.[HH].[HH]. The number of phenolic OH excluding ortho intramolecular Hbond substituents is 1. The number of nitrogens with zero attached hydrogens (tertiary/aromatic N) is 1. The van der Waals surface area contributed by atoms with Crippen LogP contribution in [-0.2, 0) is 13.1 Å². The molecule has 0 bridgehead atoms. The van der Waals surface area contributed by atoms with Crippen LogP contribution in [0.1, 0.15) is 29.9 Å². The number of benzene rings is 4. The molecule has 188 valence electrons. The Bertz CT molecular complexity index is 1380. The van der Waals surface area contributed by atoms with Crippen molar-refractivity contribution in [3.8, 4) is 11.5 Å². The van der Waals surface area contributed by atoms with Crippen LogP contribution in [0, 0.1) is 0 Å². The number of hydrazone groups is 1. The Labute approximate surface area is 217 Å². The average molecular weight is 507 g/mol. The molecule has 8 heteroatoms.